The Morgan fingerprint density at radius 1 is 1.12 bits per heavy atom. The summed E-state index contributed by atoms with van der Waals surface area (Å²) in [5.41, 5.74) is 1.11. The van der Waals surface area contributed by atoms with E-state index in [9.17, 15) is 13.2 Å². The number of sulfonamides is 1. The summed E-state index contributed by atoms with van der Waals surface area (Å²) in [6, 6.07) is 11.4. The summed E-state index contributed by atoms with van der Waals surface area (Å²) in [4.78, 5) is 12.4. The highest BCUT2D eigenvalue weighted by Gasteiger charge is 2.32. The van der Waals surface area contributed by atoms with E-state index in [4.69, 9.17) is 4.74 Å². The summed E-state index contributed by atoms with van der Waals surface area (Å²) < 4.78 is 33.2. The van der Waals surface area contributed by atoms with Gasteiger partial charge in [0.05, 0.1) is 21.7 Å². The maximum Gasteiger partial charge on any atom is 0.261 e. The van der Waals surface area contributed by atoms with E-state index in [2.05, 4.69) is 10.0 Å². The molecule has 1 amide bonds. The van der Waals surface area contributed by atoms with Gasteiger partial charge in [0, 0.05) is 0 Å². The average molecular weight is 360 g/mol. The summed E-state index contributed by atoms with van der Waals surface area (Å²) in [7, 11) is -3.71. The summed E-state index contributed by atoms with van der Waals surface area (Å²) in [6.45, 7) is 5.71. The van der Waals surface area contributed by atoms with E-state index in [-0.39, 0.29) is 17.4 Å². The lowest BCUT2D eigenvalue weighted by molar-refractivity contribution is -0.124. The highest BCUT2D eigenvalue weighted by atomic mass is 32.2. The molecule has 0 unspecified atom stereocenters. The molecule has 6 nitrogen and oxygen atoms in total. The second-order valence-electron chi connectivity index (χ2n) is 6.76. The molecule has 1 heterocycles. The smallest absolute Gasteiger partial charge is 0.261 e. The molecule has 0 fully saturated rings. The first kappa shape index (κ1) is 17.3. The highest BCUT2D eigenvalue weighted by molar-refractivity contribution is 7.92. The quantitative estimate of drug-likeness (QED) is 0.881. The van der Waals surface area contributed by atoms with Gasteiger partial charge in [0.15, 0.2) is 0 Å². The monoisotopic (exact) mass is 360 g/mol. The summed E-state index contributed by atoms with van der Waals surface area (Å²) in [5.74, 6) is 0.335. The summed E-state index contributed by atoms with van der Waals surface area (Å²) in [6.07, 6.45) is 0. The van der Waals surface area contributed by atoms with Crippen LogP contribution in [0, 0.1) is 12.3 Å². The maximum absolute atomic E-state index is 12.5. The zero-order chi connectivity index (χ0) is 18.2. The lowest BCUT2D eigenvalue weighted by atomic mass is 9.94. The molecule has 0 saturated heterocycles. The van der Waals surface area contributed by atoms with Gasteiger partial charge in [-0.15, -0.1) is 0 Å². The molecule has 2 aromatic carbocycles. The van der Waals surface area contributed by atoms with Gasteiger partial charge in [-0.05, 0) is 51.1 Å². The van der Waals surface area contributed by atoms with E-state index in [0.717, 1.165) is 5.56 Å². The number of rotatable bonds is 3. The molecular weight excluding hydrogens is 340 g/mol. The molecule has 3 rings (SSSR count). The molecule has 1 aliphatic rings. The number of ether oxygens (including phenoxy) is 1. The number of carbonyl (C=O) groups excluding carboxylic acids is 1. The predicted molar refractivity (Wildman–Crippen MR) is 96.3 cm³/mol. The van der Waals surface area contributed by atoms with Crippen molar-refractivity contribution < 1.29 is 17.9 Å². The average Bonchev–Trinajstić information content (AvgIpc) is 2.64. The third-order valence-corrected chi connectivity index (χ3v) is 5.41. The molecule has 0 aliphatic carbocycles. The number of aryl methyl sites for hydroxylation is 1. The van der Waals surface area contributed by atoms with Crippen LogP contribution in [0.2, 0.25) is 0 Å². The van der Waals surface area contributed by atoms with Crippen molar-refractivity contribution in [2.24, 2.45) is 5.41 Å². The third-order valence-electron chi connectivity index (χ3n) is 4.01. The number of hydrogen-bond donors (Lipinski definition) is 2. The second kappa shape index (κ2) is 6.07. The van der Waals surface area contributed by atoms with Crippen LogP contribution in [-0.4, -0.2) is 20.9 Å². The van der Waals surface area contributed by atoms with E-state index in [0.29, 0.717) is 17.1 Å². The van der Waals surface area contributed by atoms with E-state index >= 15 is 0 Å². The zero-order valence-electron chi connectivity index (χ0n) is 14.3. The van der Waals surface area contributed by atoms with Crippen LogP contribution in [0.25, 0.3) is 0 Å². The zero-order valence-corrected chi connectivity index (χ0v) is 15.1. The van der Waals surface area contributed by atoms with Crippen LogP contribution in [0.4, 0.5) is 11.4 Å². The normalized spacial score (nSPS) is 16.2. The number of benzene rings is 2. The lowest BCUT2D eigenvalue weighted by Crippen LogP contribution is -2.33. The van der Waals surface area contributed by atoms with Gasteiger partial charge in [-0.25, -0.2) is 8.42 Å². The molecule has 0 radical (unpaired) electrons. The summed E-state index contributed by atoms with van der Waals surface area (Å²) >= 11 is 0. The first-order valence-corrected chi connectivity index (χ1v) is 9.33. The van der Waals surface area contributed by atoms with Crippen LogP contribution in [0.3, 0.4) is 0 Å². The second-order valence-corrected chi connectivity index (χ2v) is 8.44. The fourth-order valence-electron chi connectivity index (χ4n) is 2.36. The van der Waals surface area contributed by atoms with E-state index in [1.807, 2.05) is 6.92 Å². The van der Waals surface area contributed by atoms with Gasteiger partial charge in [0.25, 0.3) is 10.0 Å². The lowest BCUT2D eigenvalue weighted by Gasteiger charge is -2.18. The van der Waals surface area contributed by atoms with Crippen LogP contribution < -0.4 is 14.8 Å². The molecule has 132 valence electrons. The van der Waals surface area contributed by atoms with Crippen molar-refractivity contribution in [3.05, 3.63) is 48.0 Å². The predicted octanol–water partition coefficient (Wildman–Crippen LogP) is 3.15. The largest absolute Gasteiger partial charge is 0.490 e. The minimum atomic E-state index is -3.71. The third kappa shape index (κ3) is 3.61. The van der Waals surface area contributed by atoms with Gasteiger partial charge in [-0.1, -0.05) is 17.7 Å². The number of anilines is 2. The van der Waals surface area contributed by atoms with E-state index < -0.39 is 15.4 Å². The van der Waals surface area contributed by atoms with Crippen LogP contribution in [0.5, 0.6) is 5.75 Å². The molecule has 0 saturated carbocycles. The van der Waals surface area contributed by atoms with Crippen molar-refractivity contribution in [1.82, 2.24) is 0 Å². The van der Waals surface area contributed by atoms with Gasteiger partial charge in [0.2, 0.25) is 5.91 Å². The first-order chi connectivity index (χ1) is 11.7. The molecule has 0 atom stereocenters. The Morgan fingerprint density at radius 2 is 1.80 bits per heavy atom. The Hall–Kier alpha value is -2.54. The highest BCUT2D eigenvalue weighted by Crippen LogP contribution is 2.34. The number of hydrogen-bond acceptors (Lipinski definition) is 4. The van der Waals surface area contributed by atoms with Crippen molar-refractivity contribution >= 4 is 27.3 Å². The first-order valence-electron chi connectivity index (χ1n) is 7.85. The fourth-order valence-corrected chi connectivity index (χ4v) is 3.41. The van der Waals surface area contributed by atoms with Crippen molar-refractivity contribution in [2.45, 2.75) is 25.7 Å². The van der Waals surface area contributed by atoms with Crippen LogP contribution in [-0.2, 0) is 14.8 Å². The Labute approximate surface area is 147 Å². The molecular formula is C18H20N2O4S. The van der Waals surface area contributed by atoms with Crippen molar-refractivity contribution in [1.29, 1.82) is 0 Å². The van der Waals surface area contributed by atoms with Gasteiger partial charge in [-0.2, -0.15) is 0 Å². The van der Waals surface area contributed by atoms with Gasteiger partial charge in [0.1, 0.15) is 12.4 Å². The van der Waals surface area contributed by atoms with Crippen LogP contribution in [0.15, 0.2) is 47.4 Å². The van der Waals surface area contributed by atoms with E-state index in [1.54, 1.807) is 56.3 Å². The molecule has 2 aromatic rings. The van der Waals surface area contributed by atoms with Gasteiger partial charge < -0.3 is 10.1 Å². The topological polar surface area (TPSA) is 84.5 Å². The Bertz CT molecular complexity index is 919. The molecule has 0 bridgehead atoms. The minimum absolute atomic E-state index is 0.175. The maximum atomic E-state index is 12.5. The molecule has 0 aromatic heterocycles. The molecule has 1 aliphatic heterocycles. The van der Waals surface area contributed by atoms with Gasteiger partial charge >= 0.3 is 0 Å². The fraction of sp³-hybridized carbons (Fsp3) is 0.278. The Morgan fingerprint density at radius 3 is 2.48 bits per heavy atom. The van der Waals surface area contributed by atoms with Crippen molar-refractivity contribution in [3.8, 4) is 5.75 Å². The summed E-state index contributed by atoms with van der Waals surface area (Å²) in [5, 5.41) is 2.79. The molecule has 0 spiro atoms. The number of fused-ring (bicyclic) bond motifs is 1. The number of amides is 1. The SMILES string of the molecule is Cc1ccc(S(=O)(=O)Nc2ccc3c(c2)NC(=O)C(C)(C)CO3)cc1. The number of nitrogens with one attached hydrogen (secondary N) is 2. The Balaban J connectivity index is 1.88. The molecule has 25 heavy (non-hydrogen) atoms. The van der Waals surface area contributed by atoms with Crippen LogP contribution >= 0.6 is 0 Å². The number of carbonyl (C=O) groups is 1. The molecule has 2 N–H and O–H groups in total. The Kier molecular flexibility index (Phi) is 4.20. The van der Waals surface area contributed by atoms with Crippen molar-refractivity contribution in [3.63, 3.8) is 0 Å². The molecule has 7 heteroatoms. The standard InChI is InChI=1S/C18H20N2O4S/c1-12-4-7-14(8-5-12)25(22,23)20-13-6-9-16-15(10-13)19-17(21)18(2,3)11-24-16/h4-10,20H,11H2,1-3H3,(H,19,21). The van der Waals surface area contributed by atoms with Crippen molar-refractivity contribution in [2.75, 3.05) is 16.6 Å². The van der Waals surface area contributed by atoms with Gasteiger partial charge in [-0.3, -0.25) is 9.52 Å². The van der Waals surface area contributed by atoms with E-state index in [1.165, 1.54) is 0 Å². The minimum Gasteiger partial charge on any atom is -0.490 e. The van der Waals surface area contributed by atoms with Crippen LogP contribution in [0.1, 0.15) is 19.4 Å².